The maximum atomic E-state index is 14.6. The number of carbonyl (C=O) groups is 1. The minimum Gasteiger partial charge on any atom is -0.482 e. The largest absolute Gasteiger partial charge is 0.482 e. The summed E-state index contributed by atoms with van der Waals surface area (Å²) in [4.78, 5) is 9.63. The Bertz CT molecular complexity index is 857. The molecule has 158 valence electrons. The molecule has 0 saturated carbocycles. The highest BCUT2D eigenvalue weighted by molar-refractivity contribution is 9.09. The van der Waals surface area contributed by atoms with Gasteiger partial charge < -0.3 is 14.8 Å². The second-order valence-corrected chi connectivity index (χ2v) is 9.44. The molecule has 3 aliphatic heterocycles. The number of nitrogens with zero attached hydrogens (tertiary/aromatic N) is 2. The van der Waals surface area contributed by atoms with Gasteiger partial charge in [0.1, 0.15) is 17.0 Å². The average Bonchev–Trinajstić information content (AvgIpc) is 3.04. The molecule has 0 bridgehead atoms. The first-order chi connectivity index (χ1) is 13.5. The normalized spacial score (nSPS) is 21.7. The van der Waals surface area contributed by atoms with Crippen molar-refractivity contribution in [3.8, 4) is 5.75 Å². The summed E-state index contributed by atoms with van der Waals surface area (Å²) in [5.74, 6) is 0.585. The van der Waals surface area contributed by atoms with Crippen molar-refractivity contribution in [3.63, 3.8) is 0 Å². The third kappa shape index (κ3) is 3.64. The second-order valence-electron chi connectivity index (χ2n) is 8.49. The molecular formula is C20H24BrF2N3O3. The van der Waals surface area contributed by atoms with Crippen molar-refractivity contribution in [3.05, 3.63) is 35.4 Å². The summed E-state index contributed by atoms with van der Waals surface area (Å²) >= 11 is 2.44. The van der Waals surface area contributed by atoms with Crippen LogP contribution in [0.2, 0.25) is 0 Å². The fourth-order valence-electron chi connectivity index (χ4n) is 4.14. The maximum Gasteiger partial charge on any atom is 0.430 e. The van der Waals surface area contributed by atoms with Crippen molar-refractivity contribution < 1.29 is 23.0 Å². The number of carbonyl (C=O) groups excluding carboxylic acids is 1. The predicted octanol–water partition coefficient (Wildman–Crippen LogP) is 4.33. The second kappa shape index (κ2) is 6.92. The number of hydrazine groups is 1. The Hall–Kier alpha value is -1.71. The average molecular weight is 472 g/mol. The monoisotopic (exact) mass is 471 g/mol. The molecular weight excluding hydrogens is 448 g/mol. The molecule has 6 nitrogen and oxygen atoms in total. The Morgan fingerprint density at radius 3 is 2.52 bits per heavy atom. The van der Waals surface area contributed by atoms with E-state index in [1.807, 2.05) is 12.1 Å². The molecule has 0 aliphatic carbocycles. The fraction of sp³-hybridized carbons (Fsp3) is 0.550. The molecule has 1 aromatic rings. The van der Waals surface area contributed by atoms with Gasteiger partial charge in [-0.1, -0.05) is 12.1 Å². The molecule has 3 heterocycles. The number of benzene rings is 1. The van der Waals surface area contributed by atoms with Crippen molar-refractivity contribution in [1.29, 1.82) is 0 Å². The number of fused-ring (bicyclic) bond motifs is 3. The van der Waals surface area contributed by atoms with Gasteiger partial charge in [0, 0.05) is 39.9 Å². The van der Waals surface area contributed by atoms with Crippen molar-refractivity contribution in [2.45, 2.75) is 49.8 Å². The first-order valence-corrected chi connectivity index (χ1v) is 10.4. The van der Waals surface area contributed by atoms with Gasteiger partial charge >= 0.3 is 11.0 Å². The fourth-order valence-corrected chi connectivity index (χ4v) is 4.42. The van der Waals surface area contributed by atoms with Gasteiger partial charge in [-0.25, -0.2) is 9.80 Å². The van der Waals surface area contributed by atoms with Crippen molar-refractivity contribution in [2.75, 3.05) is 19.6 Å². The molecule has 29 heavy (non-hydrogen) atoms. The Balaban J connectivity index is 1.88. The van der Waals surface area contributed by atoms with E-state index in [9.17, 15) is 13.6 Å². The molecule has 1 N–H and O–H groups in total. The summed E-state index contributed by atoms with van der Waals surface area (Å²) in [5.41, 5.74) is 0.161. The summed E-state index contributed by atoms with van der Waals surface area (Å²) in [7, 11) is 0. The summed E-state index contributed by atoms with van der Waals surface area (Å²) in [5, 5.41) is 4.97. The number of piperidine rings is 1. The summed E-state index contributed by atoms with van der Waals surface area (Å²) in [6, 6.07) is 7.23. The molecule has 0 atom stereocenters. The van der Waals surface area contributed by atoms with Crippen LogP contribution in [-0.2, 0) is 4.74 Å². The standard InChI is InChI=1S/C20H24BrF2N3O3/c1-18(2,3)29-17(27)26-16-13-6-4-5-7-15(13)28-19(8-10-24-11-9-19)14(16)12-25(26)20(21,22)23/h4-7,24H,8-12H2,1-3H3. The molecule has 0 unspecified atom stereocenters. The Labute approximate surface area is 176 Å². The van der Waals surface area contributed by atoms with E-state index in [0.717, 1.165) is 5.01 Å². The molecule has 1 fully saturated rings. The van der Waals surface area contributed by atoms with Crippen LogP contribution in [0.25, 0.3) is 5.70 Å². The number of para-hydroxylation sites is 1. The zero-order valence-electron chi connectivity index (χ0n) is 16.6. The van der Waals surface area contributed by atoms with Gasteiger partial charge in [0.05, 0.1) is 12.2 Å². The number of hydrogen-bond acceptors (Lipinski definition) is 5. The van der Waals surface area contributed by atoms with E-state index in [2.05, 4.69) is 21.2 Å². The number of nitrogens with one attached hydrogen (secondary N) is 1. The lowest BCUT2D eigenvalue weighted by molar-refractivity contribution is -0.135. The Morgan fingerprint density at radius 2 is 1.90 bits per heavy atom. The number of ether oxygens (including phenoxy) is 2. The minimum absolute atomic E-state index is 0.138. The third-order valence-corrected chi connectivity index (χ3v) is 5.72. The quantitative estimate of drug-likeness (QED) is 0.488. The maximum absolute atomic E-state index is 14.6. The van der Waals surface area contributed by atoms with Gasteiger partial charge in [0.2, 0.25) is 0 Å². The molecule has 1 amide bonds. The number of hydrogen-bond donors (Lipinski definition) is 1. The molecule has 1 spiro atoms. The topological polar surface area (TPSA) is 54.0 Å². The van der Waals surface area contributed by atoms with Crippen molar-refractivity contribution in [1.82, 2.24) is 15.3 Å². The van der Waals surface area contributed by atoms with Gasteiger partial charge in [-0.2, -0.15) is 8.78 Å². The van der Waals surface area contributed by atoms with Crippen LogP contribution in [0, 0.1) is 0 Å². The lowest BCUT2D eigenvalue weighted by Gasteiger charge is -2.42. The molecule has 1 aromatic carbocycles. The van der Waals surface area contributed by atoms with Crippen LogP contribution in [0.5, 0.6) is 5.75 Å². The van der Waals surface area contributed by atoms with E-state index >= 15 is 0 Å². The number of amides is 1. The summed E-state index contributed by atoms with van der Waals surface area (Å²) < 4.78 is 41.0. The van der Waals surface area contributed by atoms with Crippen LogP contribution in [-0.4, -0.2) is 51.9 Å². The van der Waals surface area contributed by atoms with Gasteiger partial charge in [0.25, 0.3) is 0 Å². The molecule has 3 aliphatic rings. The minimum atomic E-state index is -3.44. The van der Waals surface area contributed by atoms with Crippen LogP contribution in [0.15, 0.2) is 29.8 Å². The van der Waals surface area contributed by atoms with Crippen molar-refractivity contribution in [2.24, 2.45) is 0 Å². The number of rotatable bonds is 1. The molecule has 4 rings (SSSR count). The molecule has 0 radical (unpaired) electrons. The van der Waals surface area contributed by atoms with E-state index in [0.29, 0.717) is 53.5 Å². The lowest BCUT2D eigenvalue weighted by atomic mass is 9.80. The first-order valence-electron chi connectivity index (χ1n) is 9.62. The van der Waals surface area contributed by atoms with Gasteiger partial charge in [0.15, 0.2) is 0 Å². The molecule has 9 heteroatoms. The Morgan fingerprint density at radius 1 is 1.24 bits per heavy atom. The van der Waals surface area contributed by atoms with Crippen LogP contribution < -0.4 is 10.1 Å². The zero-order valence-corrected chi connectivity index (χ0v) is 18.2. The van der Waals surface area contributed by atoms with Crippen LogP contribution >= 0.6 is 15.9 Å². The highest BCUT2D eigenvalue weighted by atomic mass is 79.9. The highest BCUT2D eigenvalue weighted by Crippen LogP contribution is 2.52. The van der Waals surface area contributed by atoms with E-state index in [-0.39, 0.29) is 6.54 Å². The molecule has 0 aromatic heterocycles. The first kappa shape index (κ1) is 20.6. The zero-order chi connectivity index (χ0) is 21.0. The smallest absolute Gasteiger partial charge is 0.430 e. The summed E-state index contributed by atoms with van der Waals surface area (Å²) in [6.07, 6.45) is 0.413. The van der Waals surface area contributed by atoms with E-state index < -0.39 is 22.3 Å². The van der Waals surface area contributed by atoms with Crippen molar-refractivity contribution >= 4 is 27.7 Å². The van der Waals surface area contributed by atoms with E-state index in [1.165, 1.54) is 0 Å². The van der Waals surface area contributed by atoms with E-state index in [4.69, 9.17) is 9.47 Å². The third-order valence-electron chi connectivity index (χ3n) is 5.31. The van der Waals surface area contributed by atoms with Gasteiger partial charge in [-0.15, -0.1) is 5.01 Å². The number of alkyl halides is 3. The van der Waals surface area contributed by atoms with Crippen LogP contribution in [0.3, 0.4) is 0 Å². The van der Waals surface area contributed by atoms with Gasteiger partial charge in [-0.3, -0.25) is 0 Å². The number of halogens is 3. The SMILES string of the molecule is CC(C)(C)OC(=O)N1C2=C(CN1C(F)(F)Br)C1(CCNCC1)Oc1ccccc12. The van der Waals surface area contributed by atoms with Gasteiger partial charge in [-0.05, 0) is 46.0 Å². The lowest BCUT2D eigenvalue weighted by Crippen LogP contribution is -2.51. The van der Waals surface area contributed by atoms with Crippen LogP contribution in [0.1, 0.15) is 39.2 Å². The van der Waals surface area contributed by atoms with Crippen LogP contribution in [0.4, 0.5) is 13.6 Å². The van der Waals surface area contributed by atoms with E-state index in [1.54, 1.807) is 32.9 Å². The molecule has 1 saturated heterocycles. The highest BCUT2D eigenvalue weighted by Gasteiger charge is 2.56. The summed E-state index contributed by atoms with van der Waals surface area (Å²) in [6.45, 7) is 6.39. The Kier molecular flexibility index (Phi) is 4.91. The predicted molar refractivity (Wildman–Crippen MR) is 107 cm³/mol.